The van der Waals surface area contributed by atoms with Crippen molar-refractivity contribution in [2.45, 2.75) is 26.4 Å². The summed E-state index contributed by atoms with van der Waals surface area (Å²) in [6.45, 7) is 4.66. The molecule has 1 atom stereocenters. The van der Waals surface area contributed by atoms with Gasteiger partial charge in [0.05, 0.1) is 27.7 Å². The molecule has 4 nitrogen and oxygen atoms in total. The lowest BCUT2D eigenvalue weighted by molar-refractivity contribution is 0.0938. The van der Waals surface area contributed by atoms with Crippen LogP contribution in [0.3, 0.4) is 0 Å². The number of rotatable bonds is 5. The number of halogens is 2. The second-order valence-corrected chi connectivity index (χ2v) is 8.19. The number of imidazole rings is 1. The summed E-state index contributed by atoms with van der Waals surface area (Å²) in [4.78, 5) is 17.6. The molecule has 1 aromatic heterocycles. The number of amides is 1. The van der Waals surface area contributed by atoms with Crippen LogP contribution in [-0.4, -0.2) is 15.5 Å². The van der Waals surface area contributed by atoms with Crippen LogP contribution in [0.25, 0.3) is 11.0 Å². The molecule has 0 spiro atoms. The fourth-order valence-electron chi connectivity index (χ4n) is 3.48. The van der Waals surface area contributed by atoms with E-state index >= 15 is 0 Å². The average molecular weight is 438 g/mol. The molecule has 4 aromatic rings. The fraction of sp³-hybridized carbons (Fsp3) is 0.167. The second-order valence-electron chi connectivity index (χ2n) is 7.35. The number of benzene rings is 3. The molecule has 0 aliphatic rings. The molecule has 6 heteroatoms. The van der Waals surface area contributed by atoms with Gasteiger partial charge in [-0.2, -0.15) is 0 Å². The van der Waals surface area contributed by atoms with E-state index in [0.717, 1.165) is 16.9 Å². The number of aromatic nitrogens is 2. The Morgan fingerprint density at radius 2 is 1.80 bits per heavy atom. The topological polar surface area (TPSA) is 46.9 Å². The molecule has 0 saturated carbocycles. The Morgan fingerprint density at radius 1 is 1.07 bits per heavy atom. The van der Waals surface area contributed by atoms with Crippen molar-refractivity contribution in [1.82, 2.24) is 14.9 Å². The van der Waals surface area contributed by atoms with E-state index in [4.69, 9.17) is 28.2 Å². The Morgan fingerprint density at radius 3 is 2.53 bits per heavy atom. The average Bonchev–Trinajstić information content (AvgIpc) is 3.08. The number of para-hydroxylation sites is 2. The van der Waals surface area contributed by atoms with Crippen LogP contribution in [-0.2, 0) is 6.54 Å². The van der Waals surface area contributed by atoms with Crippen LogP contribution >= 0.6 is 23.2 Å². The summed E-state index contributed by atoms with van der Waals surface area (Å²) in [5.74, 6) is 0.522. The predicted octanol–water partition coefficient (Wildman–Crippen LogP) is 6.19. The van der Waals surface area contributed by atoms with E-state index in [1.807, 2.05) is 31.2 Å². The van der Waals surface area contributed by atoms with Gasteiger partial charge >= 0.3 is 0 Å². The van der Waals surface area contributed by atoms with Crippen LogP contribution in [0.5, 0.6) is 0 Å². The standard InChI is InChI=1S/C24H21Cl2N3O/c1-15-7-9-17(10-8-15)14-29-22-6-4-3-5-21(22)28-23(29)16(2)27-24(30)19-12-11-18(25)13-20(19)26/h3-13,16H,14H2,1-2H3,(H,27,30)/t16-/m0/s1. The normalized spacial score (nSPS) is 12.1. The lowest BCUT2D eigenvalue weighted by Crippen LogP contribution is -2.29. The number of nitrogens with zero attached hydrogens (tertiary/aromatic N) is 2. The van der Waals surface area contributed by atoms with E-state index in [2.05, 4.69) is 41.1 Å². The molecule has 4 rings (SSSR count). The van der Waals surface area contributed by atoms with Gasteiger partial charge < -0.3 is 9.88 Å². The lowest BCUT2D eigenvalue weighted by Gasteiger charge is -2.17. The lowest BCUT2D eigenvalue weighted by atomic mass is 10.1. The summed E-state index contributed by atoms with van der Waals surface area (Å²) >= 11 is 12.1. The largest absolute Gasteiger partial charge is 0.342 e. The number of carbonyl (C=O) groups excluding carboxylic acids is 1. The number of nitrogens with one attached hydrogen (secondary N) is 1. The van der Waals surface area contributed by atoms with E-state index in [1.54, 1.807) is 18.2 Å². The summed E-state index contributed by atoms with van der Waals surface area (Å²) in [7, 11) is 0. The van der Waals surface area contributed by atoms with Crippen LogP contribution in [0.1, 0.15) is 40.3 Å². The monoisotopic (exact) mass is 437 g/mol. The maximum Gasteiger partial charge on any atom is 0.253 e. The summed E-state index contributed by atoms with van der Waals surface area (Å²) in [5.41, 5.74) is 4.69. The third kappa shape index (κ3) is 4.20. The Balaban J connectivity index is 1.67. The van der Waals surface area contributed by atoms with Crippen molar-refractivity contribution in [2.24, 2.45) is 0 Å². The molecule has 0 fully saturated rings. The van der Waals surface area contributed by atoms with Crippen molar-refractivity contribution in [3.63, 3.8) is 0 Å². The van der Waals surface area contributed by atoms with Crippen molar-refractivity contribution < 1.29 is 4.79 Å². The molecule has 1 heterocycles. The zero-order valence-electron chi connectivity index (χ0n) is 16.7. The van der Waals surface area contributed by atoms with Gasteiger partial charge in [-0.15, -0.1) is 0 Å². The van der Waals surface area contributed by atoms with Gasteiger partial charge in [-0.1, -0.05) is 65.2 Å². The van der Waals surface area contributed by atoms with Crippen LogP contribution in [0.4, 0.5) is 0 Å². The number of hydrogen-bond donors (Lipinski definition) is 1. The minimum Gasteiger partial charge on any atom is -0.342 e. The Kier molecular flexibility index (Phi) is 5.80. The van der Waals surface area contributed by atoms with Crippen molar-refractivity contribution in [3.8, 4) is 0 Å². The van der Waals surface area contributed by atoms with Crippen LogP contribution in [0.15, 0.2) is 66.7 Å². The van der Waals surface area contributed by atoms with Crippen LogP contribution < -0.4 is 5.32 Å². The highest BCUT2D eigenvalue weighted by atomic mass is 35.5. The second kappa shape index (κ2) is 8.50. The minimum atomic E-state index is -0.318. The van der Waals surface area contributed by atoms with E-state index in [0.29, 0.717) is 22.2 Å². The van der Waals surface area contributed by atoms with E-state index in [-0.39, 0.29) is 11.9 Å². The molecule has 152 valence electrons. The molecular weight excluding hydrogens is 417 g/mol. The first-order chi connectivity index (χ1) is 14.4. The highest BCUT2D eigenvalue weighted by Crippen LogP contribution is 2.25. The van der Waals surface area contributed by atoms with Gasteiger partial charge in [-0.05, 0) is 49.7 Å². The van der Waals surface area contributed by atoms with Gasteiger partial charge in [-0.3, -0.25) is 4.79 Å². The molecule has 0 aliphatic heterocycles. The molecular formula is C24H21Cl2N3O. The molecule has 0 bridgehead atoms. The summed E-state index contributed by atoms with van der Waals surface area (Å²) in [5, 5.41) is 3.83. The Hall–Kier alpha value is -2.82. The summed E-state index contributed by atoms with van der Waals surface area (Å²) in [6.07, 6.45) is 0. The van der Waals surface area contributed by atoms with Crippen LogP contribution in [0.2, 0.25) is 10.0 Å². The Labute approximate surface area is 185 Å². The maximum absolute atomic E-state index is 12.8. The first kappa shape index (κ1) is 20.5. The number of aryl methyl sites for hydroxylation is 1. The molecule has 3 aromatic carbocycles. The zero-order valence-corrected chi connectivity index (χ0v) is 18.2. The molecule has 0 unspecified atom stereocenters. The van der Waals surface area contributed by atoms with E-state index in [1.165, 1.54) is 11.1 Å². The van der Waals surface area contributed by atoms with E-state index in [9.17, 15) is 4.79 Å². The number of hydrogen-bond acceptors (Lipinski definition) is 2. The molecule has 0 radical (unpaired) electrons. The van der Waals surface area contributed by atoms with Gasteiger partial charge in [0.25, 0.3) is 5.91 Å². The fourth-order valence-corrected chi connectivity index (χ4v) is 3.97. The van der Waals surface area contributed by atoms with Gasteiger partial charge in [-0.25, -0.2) is 4.98 Å². The third-order valence-corrected chi connectivity index (χ3v) is 5.60. The van der Waals surface area contributed by atoms with E-state index < -0.39 is 0 Å². The molecule has 0 saturated heterocycles. The quantitative estimate of drug-likeness (QED) is 0.404. The first-order valence-electron chi connectivity index (χ1n) is 9.69. The number of fused-ring (bicyclic) bond motifs is 1. The third-order valence-electron chi connectivity index (χ3n) is 5.06. The maximum atomic E-state index is 12.8. The van der Waals surface area contributed by atoms with Crippen molar-refractivity contribution >= 4 is 40.1 Å². The zero-order chi connectivity index (χ0) is 21.3. The van der Waals surface area contributed by atoms with Crippen molar-refractivity contribution in [3.05, 3.63) is 99.3 Å². The number of carbonyl (C=O) groups is 1. The molecule has 1 amide bonds. The van der Waals surface area contributed by atoms with Gasteiger partial charge in [0, 0.05) is 11.6 Å². The van der Waals surface area contributed by atoms with Crippen molar-refractivity contribution in [2.75, 3.05) is 0 Å². The van der Waals surface area contributed by atoms with Gasteiger partial charge in [0.15, 0.2) is 0 Å². The Bertz CT molecular complexity index is 1220. The predicted molar refractivity (Wildman–Crippen MR) is 122 cm³/mol. The molecule has 0 aliphatic carbocycles. The summed E-state index contributed by atoms with van der Waals surface area (Å²) in [6, 6.07) is 20.9. The van der Waals surface area contributed by atoms with Gasteiger partial charge in [0.1, 0.15) is 5.82 Å². The minimum absolute atomic E-state index is 0.266. The summed E-state index contributed by atoms with van der Waals surface area (Å²) < 4.78 is 2.15. The first-order valence-corrected chi connectivity index (χ1v) is 10.4. The molecule has 30 heavy (non-hydrogen) atoms. The highest BCUT2D eigenvalue weighted by Gasteiger charge is 2.20. The van der Waals surface area contributed by atoms with Crippen molar-refractivity contribution in [1.29, 1.82) is 0 Å². The SMILES string of the molecule is Cc1ccc(Cn2c([C@H](C)NC(=O)c3ccc(Cl)cc3Cl)nc3ccccc32)cc1. The van der Waals surface area contributed by atoms with Gasteiger partial charge in [0.2, 0.25) is 0 Å². The van der Waals surface area contributed by atoms with Crippen LogP contribution in [0, 0.1) is 6.92 Å². The smallest absolute Gasteiger partial charge is 0.253 e. The highest BCUT2D eigenvalue weighted by molar-refractivity contribution is 6.36. The molecule has 1 N–H and O–H groups in total.